The zero-order valence-electron chi connectivity index (χ0n) is 15.2. The van der Waals surface area contributed by atoms with Crippen LogP contribution >= 0.6 is 12.2 Å². The van der Waals surface area contributed by atoms with E-state index in [1.807, 2.05) is 18.2 Å². The van der Waals surface area contributed by atoms with Crippen LogP contribution < -0.4 is 10.6 Å². The predicted octanol–water partition coefficient (Wildman–Crippen LogP) is 3.27. The molecule has 0 spiro atoms. The molecule has 0 bridgehead atoms. The molecule has 0 unspecified atom stereocenters. The molecule has 6 heteroatoms. The van der Waals surface area contributed by atoms with Gasteiger partial charge in [0.25, 0.3) is 0 Å². The van der Waals surface area contributed by atoms with Gasteiger partial charge in [-0.05, 0) is 43.5 Å². The molecule has 0 aliphatic heterocycles. The van der Waals surface area contributed by atoms with Crippen molar-refractivity contribution >= 4 is 29.2 Å². The van der Waals surface area contributed by atoms with Gasteiger partial charge in [0.15, 0.2) is 5.11 Å². The standard InChI is InChI=1S/C20H28N2O3S/c23-18(22-20(26)21-17-11-5-2-6-12-17)13-14-19(24)25-15-7-10-16-8-3-1-4-9-16/h1,3-4,8-9,17H,2,5-7,10-15H2,(H2,21,22,23,26). The lowest BCUT2D eigenvalue weighted by molar-refractivity contribution is -0.145. The highest BCUT2D eigenvalue weighted by Crippen LogP contribution is 2.17. The second kappa shape index (κ2) is 11.6. The Morgan fingerprint density at radius 1 is 1.08 bits per heavy atom. The lowest BCUT2D eigenvalue weighted by Gasteiger charge is -2.24. The Kier molecular flexibility index (Phi) is 9.10. The molecule has 142 valence electrons. The second-order valence-electron chi connectivity index (χ2n) is 6.67. The summed E-state index contributed by atoms with van der Waals surface area (Å²) < 4.78 is 5.17. The molecule has 5 nitrogen and oxygen atoms in total. The molecule has 1 saturated carbocycles. The van der Waals surface area contributed by atoms with Crippen molar-refractivity contribution in [3.63, 3.8) is 0 Å². The second-order valence-corrected chi connectivity index (χ2v) is 7.07. The number of amides is 1. The molecule has 0 heterocycles. The number of hydrogen-bond donors (Lipinski definition) is 2. The number of nitrogens with one attached hydrogen (secondary N) is 2. The summed E-state index contributed by atoms with van der Waals surface area (Å²) in [5.41, 5.74) is 1.22. The molecule has 1 amide bonds. The smallest absolute Gasteiger partial charge is 0.306 e. The third-order valence-corrected chi connectivity index (χ3v) is 4.69. The van der Waals surface area contributed by atoms with Crippen LogP contribution in [0.25, 0.3) is 0 Å². The van der Waals surface area contributed by atoms with Gasteiger partial charge in [-0.25, -0.2) is 0 Å². The Morgan fingerprint density at radius 3 is 2.54 bits per heavy atom. The molecule has 26 heavy (non-hydrogen) atoms. The van der Waals surface area contributed by atoms with Gasteiger partial charge in [-0.15, -0.1) is 0 Å². The summed E-state index contributed by atoms with van der Waals surface area (Å²) in [6.07, 6.45) is 7.65. The van der Waals surface area contributed by atoms with Gasteiger partial charge in [-0.1, -0.05) is 49.6 Å². The number of carbonyl (C=O) groups is 2. The van der Waals surface area contributed by atoms with Crippen molar-refractivity contribution in [3.05, 3.63) is 35.9 Å². The maximum atomic E-state index is 11.9. The highest BCUT2D eigenvalue weighted by molar-refractivity contribution is 7.80. The number of carbonyl (C=O) groups excluding carboxylic acids is 2. The van der Waals surface area contributed by atoms with Crippen LogP contribution in [0, 0.1) is 0 Å². The average Bonchev–Trinajstić information content (AvgIpc) is 2.65. The van der Waals surface area contributed by atoms with Crippen LogP contribution in [0.1, 0.15) is 56.9 Å². The fraction of sp³-hybridized carbons (Fsp3) is 0.550. The SMILES string of the molecule is O=C(CCC(=O)OCCCc1ccccc1)NC(=S)NC1CCCCC1. The van der Waals surface area contributed by atoms with E-state index in [0.717, 1.165) is 25.7 Å². The Labute approximate surface area is 160 Å². The first-order valence-corrected chi connectivity index (χ1v) is 9.84. The van der Waals surface area contributed by atoms with Crippen molar-refractivity contribution in [2.24, 2.45) is 0 Å². The van der Waals surface area contributed by atoms with Gasteiger partial charge >= 0.3 is 5.97 Å². The maximum Gasteiger partial charge on any atom is 0.306 e. The maximum absolute atomic E-state index is 11.9. The summed E-state index contributed by atoms with van der Waals surface area (Å²) in [4.78, 5) is 23.6. The molecule has 1 fully saturated rings. The Balaban J connectivity index is 1.52. The van der Waals surface area contributed by atoms with Gasteiger partial charge < -0.3 is 15.4 Å². The van der Waals surface area contributed by atoms with Gasteiger partial charge in [0, 0.05) is 12.5 Å². The van der Waals surface area contributed by atoms with E-state index in [-0.39, 0.29) is 24.7 Å². The van der Waals surface area contributed by atoms with Crippen molar-refractivity contribution in [1.29, 1.82) is 0 Å². The van der Waals surface area contributed by atoms with Crippen LogP contribution in [0.4, 0.5) is 0 Å². The summed E-state index contributed by atoms with van der Waals surface area (Å²) in [6.45, 7) is 0.372. The van der Waals surface area contributed by atoms with Gasteiger partial charge in [-0.3, -0.25) is 9.59 Å². The fourth-order valence-electron chi connectivity index (χ4n) is 3.05. The summed E-state index contributed by atoms with van der Waals surface area (Å²) in [5.74, 6) is -0.598. The quantitative estimate of drug-likeness (QED) is 0.414. The molecule has 1 aliphatic carbocycles. The lowest BCUT2D eigenvalue weighted by Crippen LogP contribution is -2.45. The van der Waals surface area contributed by atoms with E-state index >= 15 is 0 Å². The minimum atomic E-state index is -0.348. The number of hydrogen-bond acceptors (Lipinski definition) is 4. The van der Waals surface area contributed by atoms with Crippen LogP contribution in [-0.2, 0) is 20.7 Å². The van der Waals surface area contributed by atoms with E-state index in [9.17, 15) is 9.59 Å². The van der Waals surface area contributed by atoms with Crippen molar-refractivity contribution in [2.45, 2.75) is 63.8 Å². The predicted molar refractivity (Wildman–Crippen MR) is 106 cm³/mol. The fourth-order valence-corrected chi connectivity index (χ4v) is 3.33. The summed E-state index contributed by atoms with van der Waals surface area (Å²) in [5, 5.41) is 6.18. The van der Waals surface area contributed by atoms with Crippen LogP contribution in [0.2, 0.25) is 0 Å². The molecule has 1 aromatic rings. The summed E-state index contributed by atoms with van der Waals surface area (Å²) in [6, 6.07) is 10.4. The minimum Gasteiger partial charge on any atom is -0.466 e. The number of benzene rings is 1. The first-order valence-electron chi connectivity index (χ1n) is 9.43. The molecule has 2 rings (SSSR count). The van der Waals surface area contributed by atoms with E-state index in [0.29, 0.717) is 17.8 Å². The van der Waals surface area contributed by atoms with Crippen molar-refractivity contribution in [1.82, 2.24) is 10.6 Å². The van der Waals surface area contributed by atoms with Crippen molar-refractivity contribution < 1.29 is 14.3 Å². The Bertz CT molecular complexity index is 586. The lowest BCUT2D eigenvalue weighted by atomic mass is 9.96. The van der Waals surface area contributed by atoms with Gasteiger partial charge in [0.05, 0.1) is 13.0 Å². The average molecular weight is 377 g/mol. The van der Waals surface area contributed by atoms with Crippen LogP contribution in [0.3, 0.4) is 0 Å². The first-order chi connectivity index (χ1) is 12.6. The van der Waals surface area contributed by atoms with Crippen molar-refractivity contribution in [3.8, 4) is 0 Å². The molecular weight excluding hydrogens is 348 g/mol. The molecular formula is C20H28N2O3S. The van der Waals surface area contributed by atoms with Crippen molar-refractivity contribution in [2.75, 3.05) is 6.61 Å². The van der Waals surface area contributed by atoms with Crippen LogP contribution in [-0.4, -0.2) is 29.6 Å². The van der Waals surface area contributed by atoms with E-state index < -0.39 is 0 Å². The minimum absolute atomic E-state index is 0.0726. The summed E-state index contributed by atoms with van der Waals surface area (Å²) >= 11 is 5.16. The molecule has 2 N–H and O–H groups in total. The third-order valence-electron chi connectivity index (χ3n) is 4.47. The number of ether oxygens (including phenoxy) is 1. The highest BCUT2D eigenvalue weighted by atomic mass is 32.1. The van der Waals surface area contributed by atoms with E-state index in [1.54, 1.807) is 0 Å². The van der Waals surface area contributed by atoms with Gasteiger partial charge in [-0.2, -0.15) is 0 Å². The van der Waals surface area contributed by atoms with Crippen LogP contribution in [0.5, 0.6) is 0 Å². The number of aryl methyl sites for hydroxylation is 1. The summed E-state index contributed by atoms with van der Waals surface area (Å²) in [7, 11) is 0. The molecule has 0 radical (unpaired) electrons. The first kappa shape index (κ1) is 20.4. The zero-order chi connectivity index (χ0) is 18.6. The van der Waals surface area contributed by atoms with E-state index in [1.165, 1.54) is 24.8 Å². The topological polar surface area (TPSA) is 67.4 Å². The van der Waals surface area contributed by atoms with Gasteiger partial charge in [0.2, 0.25) is 5.91 Å². The Hall–Kier alpha value is -1.95. The highest BCUT2D eigenvalue weighted by Gasteiger charge is 2.15. The molecule has 0 saturated heterocycles. The largest absolute Gasteiger partial charge is 0.466 e. The monoisotopic (exact) mass is 376 g/mol. The zero-order valence-corrected chi connectivity index (χ0v) is 16.0. The Morgan fingerprint density at radius 2 is 1.81 bits per heavy atom. The molecule has 0 atom stereocenters. The number of thiocarbonyl (C=S) groups is 1. The van der Waals surface area contributed by atoms with E-state index in [2.05, 4.69) is 22.8 Å². The van der Waals surface area contributed by atoms with Crippen LogP contribution in [0.15, 0.2) is 30.3 Å². The normalized spacial score (nSPS) is 14.5. The molecule has 1 aliphatic rings. The third kappa shape index (κ3) is 8.43. The molecule has 1 aromatic carbocycles. The van der Waals surface area contributed by atoms with E-state index in [4.69, 9.17) is 17.0 Å². The molecule has 0 aromatic heterocycles. The van der Waals surface area contributed by atoms with Gasteiger partial charge in [0.1, 0.15) is 0 Å². The number of rotatable bonds is 8. The number of esters is 1.